The van der Waals surface area contributed by atoms with Crippen molar-refractivity contribution >= 4 is 6.09 Å². The summed E-state index contributed by atoms with van der Waals surface area (Å²) in [4.78, 5) is 14.3. The Labute approximate surface area is 111 Å². The summed E-state index contributed by atoms with van der Waals surface area (Å²) in [7, 11) is 0. The van der Waals surface area contributed by atoms with Gasteiger partial charge < -0.3 is 15.4 Å². The second-order valence-corrected chi connectivity index (χ2v) is 6.79. The first-order valence-electron chi connectivity index (χ1n) is 6.90. The number of nitrogens with zero attached hydrogens (tertiary/aromatic N) is 1. The second-order valence-electron chi connectivity index (χ2n) is 6.79. The van der Waals surface area contributed by atoms with Crippen molar-refractivity contribution in [2.45, 2.75) is 77.5 Å². The Hall–Kier alpha value is -0.770. The lowest BCUT2D eigenvalue weighted by molar-refractivity contribution is -0.0255. The molecule has 0 unspecified atom stereocenters. The molecule has 1 saturated carbocycles. The first-order valence-corrected chi connectivity index (χ1v) is 6.90. The van der Waals surface area contributed by atoms with Crippen LogP contribution in [-0.4, -0.2) is 34.7 Å². The molecule has 1 amide bonds. The number of hydrogen-bond donors (Lipinski definition) is 1. The van der Waals surface area contributed by atoms with Gasteiger partial charge in [0.2, 0.25) is 0 Å². The molecule has 4 nitrogen and oxygen atoms in total. The highest BCUT2D eigenvalue weighted by molar-refractivity contribution is 5.69. The van der Waals surface area contributed by atoms with Crippen molar-refractivity contribution in [3.63, 3.8) is 0 Å². The number of ether oxygens (including phenoxy) is 1. The lowest BCUT2D eigenvalue weighted by atomic mass is 9.86. The molecule has 0 bridgehead atoms. The van der Waals surface area contributed by atoms with Crippen LogP contribution in [0.15, 0.2) is 0 Å². The van der Waals surface area contributed by atoms with Gasteiger partial charge in [-0.2, -0.15) is 0 Å². The van der Waals surface area contributed by atoms with Gasteiger partial charge in [-0.05, 0) is 66.8 Å². The molecule has 4 heteroatoms. The highest BCUT2D eigenvalue weighted by Crippen LogP contribution is 2.33. The van der Waals surface area contributed by atoms with Crippen molar-refractivity contribution in [2.75, 3.05) is 6.54 Å². The molecule has 1 rings (SSSR count). The Bertz CT molecular complexity index is 291. The third kappa shape index (κ3) is 3.87. The summed E-state index contributed by atoms with van der Waals surface area (Å²) >= 11 is 0. The fourth-order valence-electron chi connectivity index (χ4n) is 2.32. The fraction of sp³-hybridized carbons (Fsp3) is 0.929. The Morgan fingerprint density at radius 2 is 1.83 bits per heavy atom. The van der Waals surface area contributed by atoms with Crippen LogP contribution in [0.1, 0.15) is 60.3 Å². The standard InChI is InChI=1S/C14H28N2O2/c1-13(2,3)18-12(17)16(11-7-6-8-11)14(4,5)9-10-15/h11H,6-10,15H2,1-5H3. The van der Waals surface area contributed by atoms with Gasteiger partial charge in [-0.3, -0.25) is 0 Å². The van der Waals surface area contributed by atoms with Crippen molar-refractivity contribution in [2.24, 2.45) is 5.73 Å². The number of nitrogens with two attached hydrogens (primary N) is 1. The zero-order chi connectivity index (χ0) is 14.0. The van der Waals surface area contributed by atoms with Gasteiger partial charge in [0.05, 0.1) is 0 Å². The summed E-state index contributed by atoms with van der Waals surface area (Å²) in [5.74, 6) is 0. The number of hydrogen-bond acceptors (Lipinski definition) is 3. The maximum Gasteiger partial charge on any atom is 0.410 e. The molecule has 0 heterocycles. The maximum atomic E-state index is 12.4. The van der Waals surface area contributed by atoms with E-state index in [2.05, 4.69) is 13.8 Å². The first-order chi connectivity index (χ1) is 8.17. The van der Waals surface area contributed by atoms with Gasteiger partial charge in [-0.15, -0.1) is 0 Å². The van der Waals surface area contributed by atoms with Crippen molar-refractivity contribution in [3.8, 4) is 0 Å². The molecule has 106 valence electrons. The first kappa shape index (κ1) is 15.3. The Kier molecular flexibility index (Phi) is 4.65. The van der Waals surface area contributed by atoms with Gasteiger partial charge in [0.25, 0.3) is 0 Å². The Morgan fingerprint density at radius 3 is 2.17 bits per heavy atom. The zero-order valence-electron chi connectivity index (χ0n) is 12.5. The minimum absolute atomic E-state index is 0.203. The van der Waals surface area contributed by atoms with Crippen LogP contribution in [0.2, 0.25) is 0 Å². The van der Waals surface area contributed by atoms with Gasteiger partial charge >= 0.3 is 6.09 Å². The number of carbonyl (C=O) groups is 1. The van der Waals surface area contributed by atoms with E-state index in [0.29, 0.717) is 12.6 Å². The van der Waals surface area contributed by atoms with Crippen LogP contribution >= 0.6 is 0 Å². The zero-order valence-corrected chi connectivity index (χ0v) is 12.5. The molecule has 0 aliphatic heterocycles. The minimum Gasteiger partial charge on any atom is -0.444 e. The molecule has 0 atom stereocenters. The van der Waals surface area contributed by atoms with E-state index >= 15 is 0 Å². The number of amides is 1. The van der Waals surface area contributed by atoms with Crippen molar-refractivity contribution in [1.82, 2.24) is 4.90 Å². The molecule has 0 aromatic rings. The van der Waals surface area contributed by atoms with E-state index in [1.54, 1.807) is 0 Å². The number of rotatable bonds is 4. The summed E-state index contributed by atoms with van der Waals surface area (Å²) < 4.78 is 5.54. The highest BCUT2D eigenvalue weighted by Gasteiger charge is 2.40. The molecule has 1 aliphatic carbocycles. The summed E-state index contributed by atoms with van der Waals surface area (Å²) in [5, 5.41) is 0. The van der Waals surface area contributed by atoms with E-state index in [9.17, 15) is 4.79 Å². The van der Waals surface area contributed by atoms with Crippen LogP contribution in [0.3, 0.4) is 0 Å². The smallest absolute Gasteiger partial charge is 0.410 e. The normalized spacial score (nSPS) is 17.2. The van der Waals surface area contributed by atoms with Crippen LogP contribution in [0, 0.1) is 0 Å². The Morgan fingerprint density at radius 1 is 1.28 bits per heavy atom. The molecule has 0 spiro atoms. The topological polar surface area (TPSA) is 55.6 Å². The summed E-state index contributed by atoms with van der Waals surface area (Å²) in [6, 6.07) is 0.321. The predicted octanol–water partition coefficient (Wildman–Crippen LogP) is 2.90. The largest absolute Gasteiger partial charge is 0.444 e. The minimum atomic E-state index is -0.447. The van der Waals surface area contributed by atoms with E-state index in [-0.39, 0.29) is 11.6 Å². The SMILES string of the molecule is CC(C)(C)OC(=O)N(C1CCC1)C(C)(C)CCN. The molecular formula is C14H28N2O2. The molecule has 0 radical (unpaired) electrons. The lowest BCUT2D eigenvalue weighted by Crippen LogP contribution is -2.57. The molecule has 2 N–H and O–H groups in total. The van der Waals surface area contributed by atoms with Crippen LogP contribution < -0.4 is 5.73 Å². The average molecular weight is 256 g/mol. The van der Waals surface area contributed by atoms with Crippen LogP contribution in [0.5, 0.6) is 0 Å². The van der Waals surface area contributed by atoms with Crippen molar-refractivity contribution < 1.29 is 9.53 Å². The predicted molar refractivity (Wildman–Crippen MR) is 73.5 cm³/mol. The van der Waals surface area contributed by atoms with Gasteiger partial charge in [0.15, 0.2) is 0 Å². The third-order valence-electron chi connectivity index (χ3n) is 3.44. The molecule has 0 saturated heterocycles. The van der Waals surface area contributed by atoms with Crippen molar-refractivity contribution in [3.05, 3.63) is 0 Å². The van der Waals surface area contributed by atoms with Gasteiger partial charge in [0, 0.05) is 11.6 Å². The maximum absolute atomic E-state index is 12.4. The van der Waals surface area contributed by atoms with Crippen molar-refractivity contribution in [1.29, 1.82) is 0 Å². The number of carbonyl (C=O) groups excluding carboxylic acids is 1. The summed E-state index contributed by atoms with van der Waals surface area (Å²) in [6.07, 6.45) is 3.94. The Balaban J connectivity index is 2.81. The molecule has 0 aromatic heterocycles. The fourth-order valence-corrected chi connectivity index (χ4v) is 2.32. The highest BCUT2D eigenvalue weighted by atomic mass is 16.6. The van der Waals surface area contributed by atoms with Crippen LogP contribution in [0.4, 0.5) is 4.79 Å². The summed E-state index contributed by atoms with van der Waals surface area (Å²) in [5.41, 5.74) is 4.98. The molecule has 1 fully saturated rings. The second kappa shape index (κ2) is 5.47. The van der Waals surface area contributed by atoms with E-state index < -0.39 is 5.60 Å². The quantitative estimate of drug-likeness (QED) is 0.841. The van der Waals surface area contributed by atoms with E-state index in [1.807, 2.05) is 25.7 Å². The van der Waals surface area contributed by atoms with Gasteiger partial charge in [0.1, 0.15) is 5.60 Å². The van der Waals surface area contributed by atoms with E-state index in [1.165, 1.54) is 6.42 Å². The van der Waals surface area contributed by atoms with Gasteiger partial charge in [-0.1, -0.05) is 0 Å². The molecule has 18 heavy (non-hydrogen) atoms. The van der Waals surface area contributed by atoms with Gasteiger partial charge in [-0.25, -0.2) is 4.79 Å². The van der Waals surface area contributed by atoms with E-state index in [0.717, 1.165) is 19.3 Å². The molecular weight excluding hydrogens is 228 g/mol. The average Bonchev–Trinajstić information content (AvgIpc) is 2.06. The van der Waals surface area contributed by atoms with E-state index in [4.69, 9.17) is 10.5 Å². The molecule has 1 aliphatic rings. The lowest BCUT2D eigenvalue weighted by Gasteiger charge is -2.47. The molecule has 0 aromatic carbocycles. The van der Waals surface area contributed by atoms with Crippen LogP contribution in [-0.2, 0) is 4.74 Å². The van der Waals surface area contributed by atoms with Crippen LogP contribution in [0.25, 0.3) is 0 Å². The summed E-state index contributed by atoms with van der Waals surface area (Å²) in [6.45, 7) is 10.4. The monoisotopic (exact) mass is 256 g/mol. The third-order valence-corrected chi connectivity index (χ3v) is 3.44.